The zero-order valence-corrected chi connectivity index (χ0v) is 23.3. The highest BCUT2D eigenvalue weighted by Gasteiger charge is 2.74. The van der Waals surface area contributed by atoms with Gasteiger partial charge in [0.1, 0.15) is 24.9 Å². The highest BCUT2D eigenvalue weighted by Crippen LogP contribution is 2.70. The first-order valence-electron chi connectivity index (χ1n) is 14.7. The molecule has 40 heavy (non-hydrogen) atoms. The van der Waals surface area contributed by atoms with Crippen molar-refractivity contribution in [1.82, 2.24) is 0 Å². The van der Waals surface area contributed by atoms with Gasteiger partial charge in [-0.15, -0.1) is 0 Å². The van der Waals surface area contributed by atoms with E-state index in [4.69, 9.17) is 14.2 Å². The molecule has 0 bridgehead atoms. The van der Waals surface area contributed by atoms with Crippen molar-refractivity contribution in [1.29, 1.82) is 0 Å². The van der Waals surface area contributed by atoms with Gasteiger partial charge in [0.2, 0.25) is 0 Å². The fourth-order valence-electron chi connectivity index (χ4n) is 9.95. The lowest BCUT2D eigenvalue weighted by molar-refractivity contribution is -0.335. The molecule has 11 heteroatoms. The van der Waals surface area contributed by atoms with Crippen LogP contribution in [0.4, 0.5) is 0 Å². The second kappa shape index (κ2) is 9.42. The van der Waals surface area contributed by atoms with Crippen LogP contribution in [-0.4, -0.2) is 109 Å². The maximum absolute atomic E-state index is 12.4. The van der Waals surface area contributed by atoms with Gasteiger partial charge in [-0.05, 0) is 56.4 Å². The number of aliphatic hydroxyl groups is 7. The van der Waals surface area contributed by atoms with Crippen LogP contribution in [0.5, 0.6) is 0 Å². The molecular weight excluding hydrogens is 524 g/mol. The number of ether oxygens (including phenoxy) is 3. The minimum Gasteiger partial charge on any atom is -0.458 e. The van der Waals surface area contributed by atoms with Crippen molar-refractivity contribution in [3.8, 4) is 0 Å². The highest BCUT2D eigenvalue weighted by molar-refractivity contribution is 5.85. The minimum atomic E-state index is -1.50. The maximum Gasteiger partial charge on any atom is 0.331 e. The Morgan fingerprint density at radius 2 is 1.70 bits per heavy atom. The molecule has 0 amide bonds. The number of aliphatic hydroxyl groups excluding tert-OH is 5. The van der Waals surface area contributed by atoms with Gasteiger partial charge in [0.25, 0.3) is 0 Å². The van der Waals surface area contributed by atoms with Gasteiger partial charge in [0.15, 0.2) is 6.29 Å². The van der Waals surface area contributed by atoms with Gasteiger partial charge in [-0.1, -0.05) is 13.8 Å². The molecule has 2 aliphatic heterocycles. The lowest BCUT2D eigenvalue weighted by Crippen LogP contribution is -2.74. The number of esters is 1. The van der Waals surface area contributed by atoms with Crippen LogP contribution in [0.25, 0.3) is 0 Å². The molecule has 0 aromatic heterocycles. The standard InChI is InChI=1S/C29H44O11/c1-13-22(33)23(34)24(35)25(39-13)40-15-9-19(31)27(3)21-17(4-6-28(27,36)10-15)29(37)7-5-16(14-8-20(32)38-12-14)26(29,2)11-18(21)30/h8,13,15-19,21-25,30-31,33-37H,4-7,9-12H2,1-3H3. The average Bonchev–Trinajstić information content (AvgIpc) is 3.42. The second-order valence-electron chi connectivity index (χ2n) is 13.9. The van der Waals surface area contributed by atoms with E-state index in [0.29, 0.717) is 19.3 Å². The topological polar surface area (TPSA) is 186 Å². The molecule has 4 saturated carbocycles. The molecule has 0 radical (unpaired) electrons. The molecular formula is C29H44O11. The Morgan fingerprint density at radius 1 is 0.975 bits per heavy atom. The van der Waals surface area contributed by atoms with Crippen molar-refractivity contribution >= 4 is 5.97 Å². The first-order chi connectivity index (χ1) is 18.7. The van der Waals surface area contributed by atoms with Crippen LogP contribution < -0.4 is 0 Å². The molecule has 15 atom stereocenters. The summed E-state index contributed by atoms with van der Waals surface area (Å²) in [6, 6.07) is 0. The Kier molecular flexibility index (Phi) is 6.82. The van der Waals surface area contributed by atoms with Gasteiger partial charge < -0.3 is 50.0 Å². The summed E-state index contributed by atoms with van der Waals surface area (Å²) in [5, 5.41) is 78.5. The lowest BCUT2D eigenvalue weighted by Gasteiger charge is -2.68. The molecule has 7 N–H and O–H groups in total. The van der Waals surface area contributed by atoms with E-state index < -0.39 is 77.0 Å². The molecule has 6 aliphatic rings. The predicted molar refractivity (Wildman–Crippen MR) is 137 cm³/mol. The van der Waals surface area contributed by atoms with E-state index in [0.717, 1.165) is 5.57 Å². The Bertz CT molecular complexity index is 1070. The number of hydrogen-bond donors (Lipinski definition) is 7. The van der Waals surface area contributed by atoms with Crippen molar-refractivity contribution in [3.05, 3.63) is 11.6 Å². The number of fused-ring (bicyclic) bond motifs is 5. The van der Waals surface area contributed by atoms with Crippen LogP contribution in [0.1, 0.15) is 65.7 Å². The first-order valence-corrected chi connectivity index (χ1v) is 14.7. The van der Waals surface area contributed by atoms with Crippen LogP contribution in [0.15, 0.2) is 11.6 Å². The average molecular weight is 569 g/mol. The molecule has 0 aromatic carbocycles. The van der Waals surface area contributed by atoms with E-state index in [2.05, 4.69) is 0 Å². The normalized spacial score (nSPS) is 58.0. The number of carbonyl (C=O) groups excluding carboxylic acids is 1. The highest BCUT2D eigenvalue weighted by atomic mass is 16.7. The first kappa shape index (κ1) is 28.9. The summed E-state index contributed by atoms with van der Waals surface area (Å²) < 4.78 is 16.8. The van der Waals surface area contributed by atoms with Gasteiger partial charge in [0, 0.05) is 35.7 Å². The van der Waals surface area contributed by atoms with E-state index >= 15 is 0 Å². The molecule has 5 fully saturated rings. The number of carbonyl (C=O) groups is 1. The summed E-state index contributed by atoms with van der Waals surface area (Å²) in [6.45, 7) is 5.54. The molecule has 11 nitrogen and oxygen atoms in total. The van der Waals surface area contributed by atoms with Crippen LogP contribution in [0.3, 0.4) is 0 Å². The number of cyclic esters (lactones) is 1. The van der Waals surface area contributed by atoms with Crippen molar-refractivity contribution in [2.24, 2.45) is 28.6 Å². The zero-order chi connectivity index (χ0) is 29.0. The van der Waals surface area contributed by atoms with Crippen LogP contribution in [-0.2, 0) is 19.0 Å². The van der Waals surface area contributed by atoms with E-state index in [1.165, 1.54) is 6.08 Å². The Labute approximate surface area is 233 Å². The summed E-state index contributed by atoms with van der Waals surface area (Å²) in [5.74, 6) is -1.45. The molecule has 15 unspecified atom stereocenters. The van der Waals surface area contributed by atoms with E-state index in [9.17, 15) is 40.5 Å². The molecule has 0 aromatic rings. The summed E-state index contributed by atoms with van der Waals surface area (Å²) in [7, 11) is 0. The van der Waals surface area contributed by atoms with E-state index in [1.807, 2.05) is 6.92 Å². The van der Waals surface area contributed by atoms with Crippen LogP contribution >= 0.6 is 0 Å². The summed E-state index contributed by atoms with van der Waals surface area (Å²) in [4.78, 5) is 11.8. The summed E-state index contributed by atoms with van der Waals surface area (Å²) in [6.07, 6.45) is -5.12. The minimum absolute atomic E-state index is 0.0962. The SMILES string of the molecule is CC1OC(OC2CC(O)C3(C)C4C(O)CC5(C)C(C6=CC(=O)OC6)CCC5(O)C4CCC3(O)C2)C(O)C(O)C1O. The Balaban J connectivity index is 1.26. The third kappa shape index (κ3) is 3.79. The third-order valence-electron chi connectivity index (χ3n) is 12.2. The molecule has 226 valence electrons. The smallest absolute Gasteiger partial charge is 0.331 e. The maximum atomic E-state index is 12.4. The fourth-order valence-corrected chi connectivity index (χ4v) is 9.95. The van der Waals surface area contributed by atoms with Crippen molar-refractivity contribution < 1.29 is 54.8 Å². The van der Waals surface area contributed by atoms with Gasteiger partial charge in [-0.2, -0.15) is 0 Å². The zero-order valence-electron chi connectivity index (χ0n) is 23.3. The monoisotopic (exact) mass is 568 g/mol. The predicted octanol–water partition coefficient (Wildman–Crippen LogP) is -0.487. The molecule has 2 heterocycles. The fraction of sp³-hybridized carbons (Fsp3) is 0.897. The van der Waals surface area contributed by atoms with Gasteiger partial charge in [-0.25, -0.2) is 4.79 Å². The molecule has 4 aliphatic carbocycles. The van der Waals surface area contributed by atoms with Gasteiger partial charge >= 0.3 is 5.97 Å². The third-order valence-corrected chi connectivity index (χ3v) is 12.2. The summed E-state index contributed by atoms with van der Waals surface area (Å²) in [5.41, 5.74) is -3.58. The van der Waals surface area contributed by atoms with Crippen LogP contribution in [0.2, 0.25) is 0 Å². The van der Waals surface area contributed by atoms with E-state index in [1.54, 1.807) is 13.8 Å². The Morgan fingerprint density at radius 3 is 2.38 bits per heavy atom. The number of hydrogen-bond acceptors (Lipinski definition) is 11. The van der Waals surface area contributed by atoms with Crippen molar-refractivity contribution in [2.45, 2.75) is 126 Å². The van der Waals surface area contributed by atoms with Crippen molar-refractivity contribution in [2.75, 3.05) is 6.61 Å². The molecule has 6 rings (SSSR count). The molecule has 1 saturated heterocycles. The lowest BCUT2D eigenvalue weighted by atomic mass is 9.40. The van der Waals surface area contributed by atoms with E-state index in [-0.39, 0.29) is 50.1 Å². The van der Waals surface area contributed by atoms with Gasteiger partial charge in [-0.3, -0.25) is 0 Å². The largest absolute Gasteiger partial charge is 0.458 e. The Hall–Kier alpha value is -1.15. The second-order valence-corrected chi connectivity index (χ2v) is 13.9. The summed E-state index contributed by atoms with van der Waals surface area (Å²) >= 11 is 0. The number of rotatable bonds is 3. The van der Waals surface area contributed by atoms with Gasteiger partial charge in [0.05, 0.1) is 35.6 Å². The van der Waals surface area contributed by atoms with Crippen LogP contribution in [0, 0.1) is 28.6 Å². The quantitative estimate of drug-likeness (QED) is 0.172. The molecule has 0 spiro atoms. The van der Waals surface area contributed by atoms with Crippen molar-refractivity contribution in [3.63, 3.8) is 0 Å².